The Balaban J connectivity index is 1.75. The fourth-order valence-corrected chi connectivity index (χ4v) is 4.38. The first-order valence-electron chi connectivity index (χ1n) is 10.7. The zero-order valence-corrected chi connectivity index (χ0v) is 17.5. The second-order valence-electron chi connectivity index (χ2n) is 8.42. The maximum Gasteiger partial charge on any atom is 0.0780 e. The second-order valence-corrected chi connectivity index (χ2v) is 8.42. The van der Waals surface area contributed by atoms with Gasteiger partial charge in [0.1, 0.15) is 0 Å². The number of nitrogens with zero attached hydrogens (tertiary/aromatic N) is 1. The van der Waals surface area contributed by atoms with Gasteiger partial charge in [0.15, 0.2) is 0 Å². The molecule has 0 spiro atoms. The lowest BCUT2D eigenvalue weighted by Gasteiger charge is -2.14. The van der Waals surface area contributed by atoms with E-state index in [0.717, 1.165) is 12.1 Å². The highest BCUT2D eigenvalue weighted by Gasteiger charge is 2.12. The first-order valence-corrected chi connectivity index (χ1v) is 10.7. The average Bonchev–Trinajstić information content (AvgIpc) is 2.78. The molecular weight excluding hydrogens is 362 g/mol. The zero-order chi connectivity index (χ0) is 20.5. The first-order chi connectivity index (χ1) is 14.7. The van der Waals surface area contributed by atoms with Gasteiger partial charge in [-0.3, -0.25) is 4.98 Å². The van der Waals surface area contributed by atoms with E-state index in [4.69, 9.17) is 4.98 Å². The number of rotatable bonds is 4. The molecule has 30 heavy (non-hydrogen) atoms. The van der Waals surface area contributed by atoms with Crippen LogP contribution in [0.2, 0.25) is 0 Å². The molecule has 0 aliphatic heterocycles. The molecule has 0 saturated heterocycles. The van der Waals surface area contributed by atoms with Crippen molar-refractivity contribution in [1.29, 1.82) is 0 Å². The molecule has 0 atom stereocenters. The second kappa shape index (κ2) is 7.76. The summed E-state index contributed by atoms with van der Waals surface area (Å²) in [6.45, 7) is 4.55. The van der Waals surface area contributed by atoms with Crippen molar-refractivity contribution >= 4 is 21.5 Å². The van der Waals surface area contributed by atoms with Crippen LogP contribution in [0.5, 0.6) is 0 Å². The van der Waals surface area contributed by atoms with Crippen molar-refractivity contribution in [3.8, 4) is 22.4 Å². The van der Waals surface area contributed by atoms with Gasteiger partial charge in [-0.15, -0.1) is 0 Å². The van der Waals surface area contributed by atoms with Crippen LogP contribution in [-0.2, 0) is 6.42 Å². The van der Waals surface area contributed by atoms with Gasteiger partial charge in [-0.1, -0.05) is 86.6 Å². The number of fused-ring (bicyclic) bond motifs is 3. The van der Waals surface area contributed by atoms with Crippen LogP contribution in [0.4, 0.5) is 0 Å². The Labute approximate surface area is 178 Å². The average molecular weight is 388 g/mol. The van der Waals surface area contributed by atoms with Crippen molar-refractivity contribution in [3.05, 3.63) is 103 Å². The van der Waals surface area contributed by atoms with Gasteiger partial charge in [-0.2, -0.15) is 0 Å². The van der Waals surface area contributed by atoms with Gasteiger partial charge in [-0.05, 0) is 63.4 Å². The van der Waals surface area contributed by atoms with E-state index in [1.54, 1.807) is 0 Å². The third kappa shape index (κ3) is 3.48. The molecular formula is C29H25N. The summed E-state index contributed by atoms with van der Waals surface area (Å²) in [6, 6.07) is 32.7. The van der Waals surface area contributed by atoms with Crippen molar-refractivity contribution < 1.29 is 0 Å². The number of pyridine rings is 1. The molecule has 4 aromatic carbocycles. The predicted octanol–water partition coefficient (Wildman–Crippen LogP) is 7.92. The van der Waals surface area contributed by atoms with Crippen molar-refractivity contribution in [3.63, 3.8) is 0 Å². The summed E-state index contributed by atoms with van der Waals surface area (Å²) in [7, 11) is 0. The van der Waals surface area contributed by atoms with E-state index in [1.807, 2.05) is 6.20 Å². The Morgan fingerprint density at radius 2 is 1.40 bits per heavy atom. The topological polar surface area (TPSA) is 12.9 Å². The van der Waals surface area contributed by atoms with E-state index < -0.39 is 0 Å². The molecule has 1 nitrogen and oxygen atoms in total. The van der Waals surface area contributed by atoms with Crippen LogP contribution < -0.4 is 0 Å². The normalized spacial score (nSPS) is 11.4. The molecule has 0 aliphatic rings. The molecule has 0 amide bonds. The minimum atomic E-state index is 0.605. The third-order valence-corrected chi connectivity index (χ3v) is 5.69. The van der Waals surface area contributed by atoms with Gasteiger partial charge in [0, 0.05) is 17.1 Å². The first kappa shape index (κ1) is 18.6. The molecule has 1 heterocycles. The summed E-state index contributed by atoms with van der Waals surface area (Å²) in [5, 5.41) is 5.01. The minimum Gasteiger partial charge on any atom is -0.256 e. The van der Waals surface area contributed by atoms with Gasteiger partial charge in [0.05, 0.1) is 5.69 Å². The summed E-state index contributed by atoms with van der Waals surface area (Å²) < 4.78 is 0. The fraction of sp³-hybridized carbons (Fsp3) is 0.138. The maximum absolute atomic E-state index is 4.84. The molecule has 0 N–H and O–H groups in total. The Morgan fingerprint density at radius 1 is 0.633 bits per heavy atom. The molecule has 0 unspecified atom stereocenters. The van der Waals surface area contributed by atoms with E-state index >= 15 is 0 Å². The number of aromatic nitrogens is 1. The van der Waals surface area contributed by atoms with Crippen molar-refractivity contribution in [2.24, 2.45) is 5.92 Å². The standard InChI is InChI=1S/C29H25N/c1-20(2)16-21-17-24(22-8-4-3-5-9-22)19-25(18-21)29-28-13-12-23-10-6-7-11-26(23)27(28)14-15-30-29/h3-15,17-20H,16H2,1-2H3. The lowest BCUT2D eigenvalue weighted by molar-refractivity contribution is 0.647. The largest absolute Gasteiger partial charge is 0.256 e. The Morgan fingerprint density at radius 3 is 2.23 bits per heavy atom. The van der Waals surface area contributed by atoms with Crippen molar-refractivity contribution in [2.45, 2.75) is 20.3 Å². The van der Waals surface area contributed by atoms with Gasteiger partial charge in [0.2, 0.25) is 0 Å². The minimum absolute atomic E-state index is 0.605. The maximum atomic E-state index is 4.84. The lowest BCUT2D eigenvalue weighted by atomic mass is 9.92. The van der Waals surface area contributed by atoms with Crippen molar-refractivity contribution in [1.82, 2.24) is 4.98 Å². The van der Waals surface area contributed by atoms with Gasteiger partial charge >= 0.3 is 0 Å². The van der Waals surface area contributed by atoms with Crippen molar-refractivity contribution in [2.75, 3.05) is 0 Å². The van der Waals surface area contributed by atoms with Crippen LogP contribution in [0.1, 0.15) is 19.4 Å². The molecule has 1 heteroatoms. The van der Waals surface area contributed by atoms with Crippen LogP contribution in [0, 0.1) is 5.92 Å². The molecule has 1 aromatic heterocycles. The Kier molecular flexibility index (Phi) is 4.80. The van der Waals surface area contributed by atoms with E-state index in [2.05, 4.69) is 105 Å². The SMILES string of the molecule is CC(C)Cc1cc(-c2ccccc2)cc(-c2nccc3c2ccc2ccccc23)c1. The van der Waals surface area contributed by atoms with Gasteiger partial charge < -0.3 is 0 Å². The summed E-state index contributed by atoms with van der Waals surface area (Å²) in [4.78, 5) is 4.84. The Hall–Kier alpha value is -3.45. The molecule has 0 saturated carbocycles. The van der Waals surface area contributed by atoms with E-state index in [0.29, 0.717) is 5.92 Å². The van der Waals surface area contributed by atoms with Gasteiger partial charge in [-0.25, -0.2) is 0 Å². The molecule has 146 valence electrons. The molecule has 0 aliphatic carbocycles. The molecule has 0 bridgehead atoms. The highest BCUT2D eigenvalue weighted by Crippen LogP contribution is 2.34. The van der Waals surface area contributed by atoms with Crippen LogP contribution in [-0.4, -0.2) is 4.98 Å². The number of benzene rings is 4. The summed E-state index contributed by atoms with van der Waals surface area (Å²) in [6.07, 6.45) is 3.00. The number of hydrogen-bond acceptors (Lipinski definition) is 1. The number of hydrogen-bond donors (Lipinski definition) is 0. The summed E-state index contributed by atoms with van der Waals surface area (Å²) >= 11 is 0. The quantitative estimate of drug-likeness (QED) is 0.285. The van der Waals surface area contributed by atoms with Crippen LogP contribution >= 0.6 is 0 Å². The fourth-order valence-electron chi connectivity index (χ4n) is 4.38. The van der Waals surface area contributed by atoms with Crippen LogP contribution in [0.25, 0.3) is 43.9 Å². The predicted molar refractivity (Wildman–Crippen MR) is 129 cm³/mol. The molecule has 0 fully saturated rings. The molecule has 5 aromatic rings. The van der Waals surface area contributed by atoms with Crippen LogP contribution in [0.15, 0.2) is 97.2 Å². The summed E-state index contributed by atoms with van der Waals surface area (Å²) in [5.74, 6) is 0.605. The Bertz CT molecular complexity index is 1330. The summed E-state index contributed by atoms with van der Waals surface area (Å²) in [5.41, 5.74) is 6.10. The van der Waals surface area contributed by atoms with Crippen LogP contribution in [0.3, 0.4) is 0 Å². The smallest absolute Gasteiger partial charge is 0.0780 e. The highest BCUT2D eigenvalue weighted by atomic mass is 14.7. The van der Waals surface area contributed by atoms with E-state index in [1.165, 1.54) is 43.8 Å². The zero-order valence-electron chi connectivity index (χ0n) is 17.5. The molecule has 0 radical (unpaired) electrons. The lowest BCUT2D eigenvalue weighted by Crippen LogP contribution is -1.96. The third-order valence-electron chi connectivity index (χ3n) is 5.69. The van der Waals surface area contributed by atoms with E-state index in [-0.39, 0.29) is 0 Å². The monoisotopic (exact) mass is 387 g/mol. The molecule has 5 rings (SSSR count). The highest BCUT2D eigenvalue weighted by molar-refractivity contribution is 6.11. The van der Waals surface area contributed by atoms with E-state index in [9.17, 15) is 0 Å². The van der Waals surface area contributed by atoms with Gasteiger partial charge in [0.25, 0.3) is 0 Å².